The van der Waals surface area contributed by atoms with Gasteiger partial charge in [-0.25, -0.2) is 12.9 Å². The lowest BCUT2D eigenvalue weighted by atomic mass is 10.1. The van der Waals surface area contributed by atoms with Crippen molar-refractivity contribution in [1.82, 2.24) is 9.62 Å². The maximum absolute atomic E-state index is 13.1. The topological polar surface area (TPSA) is 49.4 Å². The highest BCUT2D eigenvalue weighted by molar-refractivity contribution is 9.10. The number of rotatable bonds is 5. The predicted molar refractivity (Wildman–Crippen MR) is 115 cm³/mol. The summed E-state index contributed by atoms with van der Waals surface area (Å²) in [4.78, 5) is 13.1. The molecule has 1 aliphatic rings. The molecule has 0 aromatic heterocycles. The summed E-state index contributed by atoms with van der Waals surface area (Å²) < 4.78 is 28.5. The first-order valence-corrected chi connectivity index (χ1v) is 11.3. The van der Waals surface area contributed by atoms with Crippen LogP contribution < -0.4 is 5.32 Å². The molecule has 1 amide bonds. The third kappa shape index (κ3) is 5.96. The number of carbonyl (C=O) groups excluding carboxylic acids is 1. The molecule has 1 N–H and O–H groups in total. The van der Waals surface area contributed by atoms with Crippen LogP contribution in [0.3, 0.4) is 0 Å². The molecule has 1 saturated heterocycles. The molecule has 1 aliphatic heterocycles. The van der Waals surface area contributed by atoms with Crippen molar-refractivity contribution in [2.24, 2.45) is 0 Å². The molecule has 2 unspecified atom stereocenters. The Morgan fingerprint density at radius 1 is 1.25 bits per heavy atom. The van der Waals surface area contributed by atoms with E-state index in [-0.39, 0.29) is 11.7 Å². The maximum atomic E-state index is 13.1. The van der Waals surface area contributed by atoms with E-state index in [1.807, 2.05) is 39.0 Å². The zero-order chi connectivity index (χ0) is 20.7. The second-order valence-corrected chi connectivity index (χ2v) is 8.71. The van der Waals surface area contributed by atoms with Gasteiger partial charge in [-0.05, 0) is 67.3 Å². The summed E-state index contributed by atoms with van der Waals surface area (Å²) in [7, 11) is -1.47. The summed E-state index contributed by atoms with van der Waals surface area (Å²) in [6.45, 7) is 7.01. The number of aryl methyl sites for hydroxylation is 1. The molecule has 28 heavy (non-hydrogen) atoms. The molecule has 3 rings (SSSR count). The van der Waals surface area contributed by atoms with Gasteiger partial charge in [0, 0.05) is 17.6 Å². The molecule has 1 fully saturated rings. The van der Waals surface area contributed by atoms with Gasteiger partial charge in [-0.15, -0.1) is 0 Å². The van der Waals surface area contributed by atoms with Crippen LogP contribution >= 0.6 is 15.9 Å². The third-order valence-electron chi connectivity index (χ3n) is 4.30. The Morgan fingerprint density at radius 3 is 2.57 bits per heavy atom. The second-order valence-electron chi connectivity index (χ2n) is 6.36. The number of carbonyl (C=O) groups is 1. The molecule has 2 aromatic carbocycles. The van der Waals surface area contributed by atoms with Crippen molar-refractivity contribution in [2.75, 3.05) is 6.54 Å². The Bertz CT molecular complexity index is 809. The first-order chi connectivity index (χ1) is 13.4. The Morgan fingerprint density at radius 2 is 1.93 bits per heavy atom. The molecule has 2 aromatic rings. The Balaban J connectivity index is 0.00000136. The molecule has 1 heterocycles. The second kappa shape index (κ2) is 10.8. The molecule has 2 atom stereocenters. The molecular formula is C21H26BrFN2O2S. The highest BCUT2D eigenvalue weighted by Crippen LogP contribution is 2.24. The fourth-order valence-corrected chi connectivity index (χ4v) is 5.13. The van der Waals surface area contributed by atoms with Gasteiger partial charge in [-0.1, -0.05) is 35.8 Å². The number of amides is 1. The molecule has 0 saturated carbocycles. The van der Waals surface area contributed by atoms with E-state index < -0.39 is 17.0 Å². The van der Waals surface area contributed by atoms with Gasteiger partial charge in [0.1, 0.15) is 22.8 Å². The fourth-order valence-electron chi connectivity index (χ4n) is 3.11. The summed E-state index contributed by atoms with van der Waals surface area (Å²) in [6, 6.07) is 11.1. The summed E-state index contributed by atoms with van der Waals surface area (Å²) >= 11 is 3.46. The zero-order valence-corrected chi connectivity index (χ0v) is 18.8. The van der Waals surface area contributed by atoms with Gasteiger partial charge < -0.3 is 5.32 Å². The van der Waals surface area contributed by atoms with Gasteiger partial charge in [-0.2, -0.15) is 0 Å². The van der Waals surface area contributed by atoms with Crippen LogP contribution in [0.2, 0.25) is 0 Å². The van der Waals surface area contributed by atoms with Gasteiger partial charge in [0.2, 0.25) is 5.91 Å². The zero-order valence-electron chi connectivity index (χ0n) is 16.4. The lowest BCUT2D eigenvalue weighted by Gasteiger charge is -2.22. The fraction of sp³-hybridized carbons (Fsp3) is 0.381. The van der Waals surface area contributed by atoms with Crippen molar-refractivity contribution in [3.8, 4) is 0 Å². The molecule has 7 heteroatoms. The van der Waals surface area contributed by atoms with Crippen molar-refractivity contribution in [1.29, 1.82) is 0 Å². The first-order valence-electron chi connectivity index (χ1n) is 9.42. The largest absolute Gasteiger partial charge is 0.351 e. The van der Waals surface area contributed by atoms with Crippen molar-refractivity contribution >= 4 is 32.8 Å². The van der Waals surface area contributed by atoms with Gasteiger partial charge in [-0.3, -0.25) is 4.79 Å². The standard InChI is InChI=1S/C19H20BrFN2O2S.C2H6/c1-13-9-14(11-15(20)10-13)12-22-19(24)18-3-2-8-23(18)26(25)17-6-4-16(21)5-7-17;1-2/h4-7,9-11,18H,2-3,8,12H2,1H3,(H,22,24);1-2H3. The minimum Gasteiger partial charge on any atom is -0.351 e. The average molecular weight is 469 g/mol. The van der Waals surface area contributed by atoms with E-state index in [1.54, 1.807) is 4.31 Å². The van der Waals surface area contributed by atoms with Gasteiger partial charge >= 0.3 is 0 Å². The lowest BCUT2D eigenvalue weighted by Crippen LogP contribution is -2.43. The monoisotopic (exact) mass is 468 g/mol. The smallest absolute Gasteiger partial charge is 0.238 e. The van der Waals surface area contributed by atoms with E-state index in [1.165, 1.54) is 24.3 Å². The number of hydrogen-bond donors (Lipinski definition) is 1. The number of nitrogens with one attached hydrogen (secondary N) is 1. The van der Waals surface area contributed by atoms with Crippen LogP contribution in [0, 0.1) is 12.7 Å². The van der Waals surface area contributed by atoms with Crippen LogP contribution in [-0.2, 0) is 22.3 Å². The highest BCUT2D eigenvalue weighted by atomic mass is 79.9. The maximum Gasteiger partial charge on any atom is 0.238 e. The molecule has 4 nitrogen and oxygen atoms in total. The summed E-state index contributed by atoms with van der Waals surface area (Å²) in [5, 5.41) is 2.94. The Hall–Kier alpha value is -1.57. The molecule has 0 aliphatic carbocycles. The van der Waals surface area contributed by atoms with Crippen molar-refractivity contribution in [3.05, 3.63) is 63.9 Å². The van der Waals surface area contributed by atoms with E-state index in [9.17, 15) is 13.4 Å². The SMILES string of the molecule is CC.Cc1cc(Br)cc(CNC(=O)C2CCCN2S(=O)c2ccc(F)cc2)c1. The lowest BCUT2D eigenvalue weighted by molar-refractivity contribution is -0.124. The molecule has 0 radical (unpaired) electrons. The van der Waals surface area contributed by atoms with Crippen LogP contribution in [0.25, 0.3) is 0 Å². The van der Waals surface area contributed by atoms with E-state index in [0.717, 1.165) is 22.0 Å². The third-order valence-corrected chi connectivity index (χ3v) is 6.30. The van der Waals surface area contributed by atoms with Crippen molar-refractivity contribution < 1.29 is 13.4 Å². The van der Waals surface area contributed by atoms with Gasteiger partial charge in [0.05, 0.1) is 4.90 Å². The summed E-state index contributed by atoms with van der Waals surface area (Å²) in [5.74, 6) is -0.499. The number of benzene rings is 2. The van der Waals surface area contributed by atoms with Crippen LogP contribution in [0.5, 0.6) is 0 Å². The number of nitrogens with zero attached hydrogens (tertiary/aromatic N) is 1. The number of halogens is 2. The minimum atomic E-state index is -1.47. The molecular weight excluding hydrogens is 443 g/mol. The Labute approximate surface area is 177 Å². The van der Waals surface area contributed by atoms with E-state index in [4.69, 9.17) is 0 Å². The van der Waals surface area contributed by atoms with E-state index >= 15 is 0 Å². The predicted octanol–water partition coefficient (Wildman–Crippen LogP) is 4.73. The van der Waals surface area contributed by atoms with E-state index in [2.05, 4.69) is 21.2 Å². The van der Waals surface area contributed by atoms with Gasteiger partial charge in [0.25, 0.3) is 0 Å². The van der Waals surface area contributed by atoms with Crippen LogP contribution in [0.1, 0.15) is 37.8 Å². The number of hydrogen-bond acceptors (Lipinski definition) is 2. The average Bonchev–Trinajstić information content (AvgIpc) is 3.17. The van der Waals surface area contributed by atoms with Crippen molar-refractivity contribution in [3.63, 3.8) is 0 Å². The van der Waals surface area contributed by atoms with Crippen molar-refractivity contribution in [2.45, 2.75) is 51.1 Å². The highest BCUT2D eigenvalue weighted by Gasteiger charge is 2.34. The van der Waals surface area contributed by atoms with Crippen LogP contribution in [-0.4, -0.2) is 27.0 Å². The quantitative estimate of drug-likeness (QED) is 0.689. The normalized spacial score (nSPS) is 17.5. The first kappa shape index (κ1) is 22.7. The molecule has 0 spiro atoms. The molecule has 0 bridgehead atoms. The Kier molecular flexibility index (Phi) is 8.79. The minimum absolute atomic E-state index is 0.129. The summed E-state index contributed by atoms with van der Waals surface area (Å²) in [6.07, 6.45) is 1.47. The van der Waals surface area contributed by atoms with E-state index in [0.29, 0.717) is 24.4 Å². The van der Waals surface area contributed by atoms with Gasteiger partial charge in [0.15, 0.2) is 0 Å². The van der Waals surface area contributed by atoms with Crippen LogP contribution in [0.15, 0.2) is 51.8 Å². The van der Waals surface area contributed by atoms with Crippen LogP contribution in [0.4, 0.5) is 4.39 Å². The molecule has 152 valence electrons. The summed E-state index contributed by atoms with van der Waals surface area (Å²) in [5.41, 5.74) is 2.12.